The van der Waals surface area contributed by atoms with Gasteiger partial charge in [0.25, 0.3) is 5.91 Å². The van der Waals surface area contributed by atoms with Crippen LogP contribution >= 0.6 is 0 Å². The van der Waals surface area contributed by atoms with Crippen LogP contribution in [-0.2, 0) is 21.7 Å². The molecule has 4 aromatic rings. The number of rotatable bonds is 6. The first-order valence-corrected chi connectivity index (χ1v) is 11.6. The smallest absolute Gasteiger partial charge is 0.261 e. The van der Waals surface area contributed by atoms with Crippen molar-refractivity contribution < 1.29 is 9.53 Å². The molecule has 3 aromatic heterocycles. The van der Waals surface area contributed by atoms with E-state index in [1.807, 2.05) is 36.6 Å². The summed E-state index contributed by atoms with van der Waals surface area (Å²) in [6.07, 6.45) is 7.44. The van der Waals surface area contributed by atoms with E-state index in [0.29, 0.717) is 36.1 Å². The van der Waals surface area contributed by atoms with E-state index in [-0.39, 0.29) is 5.91 Å². The van der Waals surface area contributed by atoms with Crippen molar-refractivity contribution in [2.24, 2.45) is 5.92 Å². The lowest BCUT2D eigenvalue weighted by Gasteiger charge is -2.23. The lowest BCUT2D eigenvalue weighted by Crippen LogP contribution is -2.34. The van der Waals surface area contributed by atoms with Crippen molar-refractivity contribution in [3.63, 3.8) is 0 Å². The zero-order valence-electron chi connectivity index (χ0n) is 19.4. The fourth-order valence-electron chi connectivity index (χ4n) is 4.45. The third-order valence-electron chi connectivity index (χ3n) is 6.68. The molecule has 2 aliphatic rings. The molecule has 1 amide bonds. The molecule has 6 rings (SSSR count). The van der Waals surface area contributed by atoms with Gasteiger partial charge in [0.15, 0.2) is 11.2 Å². The molecule has 1 fully saturated rings. The SMILES string of the molecule is CCn1c(-c2cnc(C)nc2)nc2c(-c3ccc4c(c3)[C@](C)(OCC3CC3)C(=O)N4)ncnc21. The molecule has 4 heterocycles. The molecular weight excluding hydrogens is 430 g/mol. The number of aromatic nitrogens is 6. The number of aryl methyl sites for hydroxylation is 2. The molecule has 0 saturated heterocycles. The van der Waals surface area contributed by atoms with E-state index in [1.165, 1.54) is 0 Å². The summed E-state index contributed by atoms with van der Waals surface area (Å²) in [5, 5.41) is 2.97. The van der Waals surface area contributed by atoms with Crippen LogP contribution in [0, 0.1) is 12.8 Å². The number of imidazole rings is 1. The third-order valence-corrected chi connectivity index (χ3v) is 6.68. The van der Waals surface area contributed by atoms with Gasteiger partial charge in [0, 0.05) is 35.8 Å². The number of carbonyl (C=O) groups excluding carboxylic acids is 1. The van der Waals surface area contributed by atoms with Gasteiger partial charge < -0.3 is 14.6 Å². The molecule has 0 bridgehead atoms. The Morgan fingerprint density at radius 1 is 1.15 bits per heavy atom. The summed E-state index contributed by atoms with van der Waals surface area (Å²) in [6.45, 7) is 7.03. The molecule has 1 aliphatic carbocycles. The Morgan fingerprint density at radius 3 is 2.68 bits per heavy atom. The first-order valence-electron chi connectivity index (χ1n) is 11.6. The van der Waals surface area contributed by atoms with Gasteiger partial charge >= 0.3 is 0 Å². The maximum Gasteiger partial charge on any atom is 0.261 e. The van der Waals surface area contributed by atoms with Crippen molar-refractivity contribution >= 4 is 22.8 Å². The first kappa shape index (κ1) is 20.9. The fraction of sp³-hybridized carbons (Fsp3) is 0.360. The highest BCUT2D eigenvalue weighted by Crippen LogP contribution is 2.43. The summed E-state index contributed by atoms with van der Waals surface area (Å²) in [5.41, 5.74) is 4.39. The van der Waals surface area contributed by atoms with Crippen molar-refractivity contribution in [1.82, 2.24) is 29.5 Å². The Morgan fingerprint density at radius 2 is 1.94 bits per heavy atom. The minimum atomic E-state index is -1.02. The molecule has 1 aromatic carbocycles. The minimum absolute atomic E-state index is 0.134. The van der Waals surface area contributed by atoms with Crippen molar-refractivity contribution in [3.05, 3.63) is 48.3 Å². The average molecular weight is 456 g/mol. The van der Waals surface area contributed by atoms with Gasteiger partial charge in [-0.2, -0.15) is 0 Å². The summed E-state index contributed by atoms with van der Waals surface area (Å²) in [4.78, 5) is 35.5. The lowest BCUT2D eigenvalue weighted by molar-refractivity contribution is -0.139. The molecule has 9 heteroatoms. The summed E-state index contributed by atoms with van der Waals surface area (Å²) in [5.74, 6) is 1.87. The number of nitrogens with one attached hydrogen (secondary N) is 1. The van der Waals surface area contributed by atoms with E-state index >= 15 is 0 Å². The second kappa shape index (κ2) is 7.66. The normalized spacial score (nSPS) is 19.4. The number of fused-ring (bicyclic) bond motifs is 2. The number of anilines is 1. The Hall–Kier alpha value is -3.72. The number of amides is 1. The maximum atomic E-state index is 12.8. The van der Waals surface area contributed by atoms with Gasteiger partial charge in [0.05, 0.1) is 12.2 Å². The number of ether oxygens (including phenoxy) is 1. The number of nitrogens with zero attached hydrogens (tertiary/aromatic N) is 6. The molecule has 0 spiro atoms. The summed E-state index contributed by atoms with van der Waals surface area (Å²) in [7, 11) is 0. The van der Waals surface area contributed by atoms with Crippen LogP contribution in [0.1, 0.15) is 38.1 Å². The van der Waals surface area contributed by atoms with Crippen LogP contribution in [0.2, 0.25) is 0 Å². The predicted molar refractivity (Wildman–Crippen MR) is 127 cm³/mol. The minimum Gasteiger partial charge on any atom is -0.360 e. The highest BCUT2D eigenvalue weighted by atomic mass is 16.5. The Kier molecular flexibility index (Phi) is 4.70. The van der Waals surface area contributed by atoms with E-state index < -0.39 is 5.60 Å². The van der Waals surface area contributed by atoms with Crippen LogP contribution in [0.4, 0.5) is 5.69 Å². The Balaban J connectivity index is 1.47. The quantitative estimate of drug-likeness (QED) is 0.470. The van der Waals surface area contributed by atoms with E-state index in [4.69, 9.17) is 9.72 Å². The van der Waals surface area contributed by atoms with Crippen LogP contribution < -0.4 is 5.32 Å². The van der Waals surface area contributed by atoms with Crippen molar-refractivity contribution in [2.75, 3.05) is 11.9 Å². The summed E-state index contributed by atoms with van der Waals surface area (Å²) in [6, 6.07) is 5.85. The Bertz CT molecular complexity index is 1430. The monoisotopic (exact) mass is 455 g/mol. The van der Waals surface area contributed by atoms with Gasteiger partial charge in [-0.15, -0.1) is 0 Å². The highest BCUT2D eigenvalue weighted by molar-refractivity contribution is 6.05. The number of carbonyl (C=O) groups is 1. The van der Waals surface area contributed by atoms with Crippen molar-refractivity contribution in [3.8, 4) is 22.6 Å². The Labute approximate surface area is 196 Å². The van der Waals surface area contributed by atoms with Crippen molar-refractivity contribution in [2.45, 2.75) is 45.8 Å². The third kappa shape index (κ3) is 3.27. The van der Waals surface area contributed by atoms with Crippen LogP contribution in [-0.4, -0.2) is 42.0 Å². The van der Waals surface area contributed by atoms with Crippen LogP contribution in [0.5, 0.6) is 0 Å². The molecule has 1 aliphatic heterocycles. The van der Waals surface area contributed by atoms with Gasteiger partial charge in [-0.1, -0.05) is 6.07 Å². The lowest BCUT2D eigenvalue weighted by atomic mass is 9.94. The van der Waals surface area contributed by atoms with Crippen LogP contribution in [0.15, 0.2) is 36.9 Å². The summed E-state index contributed by atoms with van der Waals surface area (Å²) >= 11 is 0. The number of benzene rings is 1. The van der Waals surface area contributed by atoms with E-state index in [9.17, 15) is 4.79 Å². The van der Waals surface area contributed by atoms with Crippen molar-refractivity contribution in [1.29, 1.82) is 0 Å². The molecule has 1 atom stereocenters. The van der Waals surface area contributed by atoms with Gasteiger partial charge in [0.1, 0.15) is 29.2 Å². The molecule has 0 unspecified atom stereocenters. The van der Waals surface area contributed by atoms with E-state index in [0.717, 1.165) is 46.7 Å². The average Bonchev–Trinajstić information content (AvgIpc) is 3.55. The van der Waals surface area contributed by atoms with Gasteiger partial charge in [-0.05, 0) is 51.7 Å². The largest absolute Gasteiger partial charge is 0.360 e. The van der Waals surface area contributed by atoms with Gasteiger partial charge in [0.2, 0.25) is 0 Å². The molecule has 1 saturated carbocycles. The molecule has 34 heavy (non-hydrogen) atoms. The van der Waals surface area contributed by atoms with Crippen LogP contribution in [0.25, 0.3) is 33.8 Å². The maximum absolute atomic E-state index is 12.8. The molecule has 172 valence electrons. The fourth-order valence-corrected chi connectivity index (χ4v) is 4.45. The van der Waals surface area contributed by atoms with Gasteiger partial charge in [-0.25, -0.2) is 24.9 Å². The first-order chi connectivity index (χ1) is 16.5. The number of hydrogen-bond donors (Lipinski definition) is 1. The van der Waals surface area contributed by atoms with Crippen LogP contribution in [0.3, 0.4) is 0 Å². The topological polar surface area (TPSA) is 108 Å². The standard InChI is InChI=1S/C25H25N7O2/c1-4-32-22(17-10-26-14(2)27-11-17)31-21-20(28-13-29-23(21)32)16-7-8-19-18(9-16)25(3,24(33)30-19)34-12-15-5-6-15/h7-11,13,15H,4-6,12H2,1-3H3,(H,30,33)/t25-/m0/s1. The molecule has 0 radical (unpaired) electrons. The number of hydrogen-bond acceptors (Lipinski definition) is 7. The van der Waals surface area contributed by atoms with E-state index in [2.05, 4.69) is 32.2 Å². The zero-order valence-corrected chi connectivity index (χ0v) is 19.4. The highest BCUT2D eigenvalue weighted by Gasteiger charge is 2.45. The van der Waals surface area contributed by atoms with Gasteiger partial charge in [-0.3, -0.25) is 4.79 Å². The zero-order chi connectivity index (χ0) is 23.4. The second-order valence-corrected chi connectivity index (χ2v) is 9.10. The van der Waals surface area contributed by atoms with E-state index in [1.54, 1.807) is 18.7 Å². The molecular formula is C25H25N7O2. The summed E-state index contributed by atoms with van der Waals surface area (Å²) < 4.78 is 8.20. The predicted octanol–water partition coefficient (Wildman–Crippen LogP) is 3.87. The molecule has 9 nitrogen and oxygen atoms in total. The second-order valence-electron chi connectivity index (χ2n) is 9.10. The molecule has 1 N–H and O–H groups in total.